The molecule has 3 aromatic heterocycles. The Morgan fingerprint density at radius 3 is 2.86 bits per heavy atom. The van der Waals surface area contributed by atoms with Crippen molar-refractivity contribution in [1.82, 2.24) is 24.4 Å². The number of carbonyl (C=O) groups excluding carboxylic acids is 1. The molecule has 0 radical (unpaired) electrons. The first kappa shape index (κ1) is 17.7. The van der Waals surface area contributed by atoms with E-state index < -0.39 is 0 Å². The van der Waals surface area contributed by atoms with Gasteiger partial charge in [0.15, 0.2) is 0 Å². The van der Waals surface area contributed by atoms with Gasteiger partial charge in [0.05, 0.1) is 0 Å². The van der Waals surface area contributed by atoms with Crippen LogP contribution in [0.5, 0.6) is 0 Å². The molecule has 1 atom stereocenters. The minimum Gasteiger partial charge on any atom is -0.351 e. The van der Waals surface area contributed by atoms with Crippen LogP contribution in [0.3, 0.4) is 0 Å². The summed E-state index contributed by atoms with van der Waals surface area (Å²) in [6, 6.07) is 14.0. The maximum absolute atomic E-state index is 13.1. The van der Waals surface area contributed by atoms with E-state index in [1.54, 1.807) is 0 Å². The number of carbonyl (C=O) groups is 1. The van der Waals surface area contributed by atoms with Crippen molar-refractivity contribution in [2.24, 2.45) is 0 Å². The van der Waals surface area contributed by atoms with Gasteiger partial charge in [-0.1, -0.05) is 18.2 Å². The third-order valence-electron chi connectivity index (χ3n) is 5.68. The van der Waals surface area contributed by atoms with Crippen LogP contribution in [0.1, 0.15) is 40.6 Å². The van der Waals surface area contributed by atoms with Gasteiger partial charge in [0.2, 0.25) is 0 Å². The van der Waals surface area contributed by atoms with Gasteiger partial charge in [0.1, 0.15) is 11.5 Å². The zero-order chi connectivity index (χ0) is 19.6. The van der Waals surface area contributed by atoms with Gasteiger partial charge in [-0.25, -0.2) is 4.98 Å². The lowest BCUT2D eigenvalue weighted by molar-refractivity contribution is 0.0698. The monoisotopic (exact) mass is 385 g/mol. The summed E-state index contributed by atoms with van der Waals surface area (Å²) in [5.74, 6) is 1.36. The van der Waals surface area contributed by atoms with Crippen LogP contribution < -0.4 is 0 Å². The highest BCUT2D eigenvalue weighted by molar-refractivity contribution is 5.98. The first-order chi connectivity index (χ1) is 14.3. The van der Waals surface area contributed by atoms with Gasteiger partial charge in [-0.2, -0.15) is 0 Å². The van der Waals surface area contributed by atoms with Crippen LogP contribution in [0.4, 0.5) is 0 Å². The molecule has 0 unspecified atom stereocenters. The van der Waals surface area contributed by atoms with Crippen molar-refractivity contribution in [2.75, 3.05) is 13.1 Å². The number of aromatic amines is 1. The number of aromatic nitrogens is 4. The summed E-state index contributed by atoms with van der Waals surface area (Å²) < 4.78 is 2.19. The lowest BCUT2D eigenvalue weighted by atomic mass is 9.96. The molecule has 4 heterocycles. The number of benzene rings is 1. The number of imidazole rings is 1. The molecule has 29 heavy (non-hydrogen) atoms. The second kappa shape index (κ2) is 7.54. The number of piperidine rings is 1. The number of H-pyrrole nitrogens is 1. The van der Waals surface area contributed by atoms with E-state index in [0.29, 0.717) is 12.2 Å². The van der Waals surface area contributed by atoms with Gasteiger partial charge < -0.3 is 14.5 Å². The summed E-state index contributed by atoms with van der Waals surface area (Å²) in [5, 5.41) is 1.07. The Morgan fingerprint density at radius 1 is 1.14 bits per heavy atom. The minimum atomic E-state index is 0.0677. The standard InChI is InChI=1S/C23H23N5O/c29-23(21-14-18-4-1-2-6-20(18)26-21)28-12-3-5-19(16-28)22-25-11-13-27(22)15-17-7-9-24-10-8-17/h1-2,4,6-11,13-14,19,26H,3,5,12,15-16H2/t19-/m0/s1. The van der Waals surface area contributed by atoms with Crippen LogP contribution in [-0.4, -0.2) is 43.4 Å². The Kier molecular flexibility index (Phi) is 4.60. The van der Waals surface area contributed by atoms with Crippen molar-refractivity contribution in [3.8, 4) is 0 Å². The predicted molar refractivity (Wildman–Crippen MR) is 112 cm³/mol. The average Bonchev–Trinajstić information content (AvgIpc) is 3.41. The molecule has 1 N–H and O–H groups in total. The number of rotatable bonds is 4. The maximum atomic E-state index is 13.1. The molecule has 1 saturated heterocycles. The molecule has 1 aromatic carbocycles. The molecule has 0 saturated carbocycles. The number of fused-ring (bicyclic) bond motifs is 1. The van der Waals surface area contributed by atoms with E-state index in [1.807, 2.05) is 72.2 Å². The zero-order valence-electron chi connectivity index (χ0n) is 16.2. The molecule has 5 rings (SSSR count). The molecule has 0 spiro atoms. The highest BCUT2D eigenvalue weighted by atomic mass is 16.2. The van der Waals surface area contributed by atoms with Gasteiger partial charge in [0.25, 0.3) is 5.91 Å². The summed E-state index contributed by atoms with van der Waals surface area (Å²) in [6.45, 7) is 2.25. The Bertz CT molecular complexity index is 1100. The maximum Gasteiger partial charge on any atom is 0.270 e. The van der Waals surface area contributed by atoms with Crippen LogP contribution in [0.25, 0.3) is 10.9 Å². The number of amides is 1. The number of hydrogen-bond donors (Lipinski definition) is 1. The normalized spacial score (nSPS) is 17.0. The van der Waals surface area contributed by atoms with Crippen molar-refractivity contribution < 1.29 is 4.79 Å². The van der Waals surface area contributed by atoms with E-state index in [2.05, 4.69) is 19.5 Å². The summed E-state index contributed by atoms with van der Waals surface area (Å²) in [5.41, 5.74) is 2.85. The third-order valence-corrected chi connectivity index (χ3v) is 5.68. The SMILES string of the molecule is O=C(c1cc2ccccc2[nH]1)N1CCC[C@H](c2nccn2Cc2ccncc2)C1. The van der Waals surface area contributed by atoms with Crippen molar-refractivity contribution in [3.05, 3.63) is 84.3 Å². The number of likely N-dealkylation sites (tertiary alicyclic amines) is 1. The highest BCUT2D eigenvalue weighted by Crippen LogP contribution is 2.27. The number of hydrogen-bond acceptors (Lipinski definition) is 3. The smallest absolute Gasteiger partial charge is 0.270 e. The Labute approximate surface area is 169 Å². The fourth-order valence-corrected chi connectivity index (χ4v) is 4.23. The molecule has 6 heteroatoms. The quantitative estimate of drug-likeness (QED) is 0.581. The second-order valence-electron chi connectivity index (χ2n) is 7.63. The largest absolute Gasteiger partial charge is 0.351 e. The van der Waals surface area contributed by atoms with Crippen LogP contribution in [0.2, 0.25) is 0 Å². The van der Waals surface area contributed by atoms with Crippen molar-refractivity contribution in [3.63, 3.8) is 0 Å². The topological polar surface area (TPSA) is 66.8 Å². The predicted octanol–water partition coefficient (Wildman–Crippen LogP) is 3.83. The number of nitrogens with one attached hydrogen (secondary N) is 1. The van der Waals surface area contributed by atoms with Gasteiger partial charge in [-0.15, -0.1) is 0 Å². The molecule has 0 bridgehead atoms. The molecule has 6 nitrogen and oxygen atoms in total. The van der Waals surface area contributed by atoms with Crippen LogP contribution >= 0.6 is 0 Å². The van der Waals surface area contributed by atoms with E-state index in [0.717, 1.165) is 42.7 Å². The van der Waals surface area contributed by atoms with Gasteiger partial charge in [0, 0.05) is 61.2 Å². The molecule has 146 valence electrons. The second-order valence-corrected chi connectivity index (χ2v) is 7.63. The van der Waals surface area contributed by atoms with E-state index in [-0.39, 0.29) is 11.8 Å². The molecule has 0 aliphatic carbocycles. The van der Waals surface area contributed by atoms with E-state index in [1.165, 1.54) is 5.56 Å². The first-order valence-corrected chi connectivity index (χ1v) is 10.0. The zero-order valence-corrected chi connectivity index (χ0v) is 16.2. The summed E-state index contributed by atoms with van der Waals surface area (Å²) in [7, 11) is 0. The van der Waals surface area contributed by atoms with Crippen molar-refractivity contribution in [1.29, 1.82) is 0 Å². The fraction of sp³-hybridized carbons (Fsp3) is 0.261. The third kappa shape index (κ3) is 3.53. The molecular formula is C23H23N5O. The summed E-state index contributed by atoms with van der Waals surface area (Å²) >= 11 is 0. The lowest BCUT2D eigenvalue weighted by Gasteiger charge is -2.32. The Hall–Kier alpha value is -3.41. The van der Waals surface area contributed by atoms with Crippen LogP contribution in [-0.2, 0) is 6.54 Å². The fourth-order valence-electron chi connectivity index (χ4n) is 4.23. The highest BCUT2D eigenvalue weighted by Gasteiger charge is 2.28. The van der Waals surface area contributed by atoms with Crippen molar-refractivity contribution >= 4 is 16.8 Å². The van der Waals surface area contributed by atoms with Gasteiger partial charge >= 0.3 is 0 Å². The summed E-state index contributed by atoms with van der Waals surface area (Å²) in [6.07, 6.45) is 9.53. The molecule has 4 aromatic rings. The lowest BCUT2D eigenvalue weighted by Crippen LogP contribution is -2.40. The van der Waals surface area contributed by atoms with E-state index in [4.69, 9.17) is 0 Å². The van der Waals surface area contributed by atoms with Crippen LogP contribution in [0.15, 0.2) is 67.3 Å². The molecule has 1 aliphatic heterocycles. The van der Waals surface area contributed by atoms with Crippen molar-refractivity contribution in [2.45, 2.75) is 25.3 Å². The molecule has 1 aliphatic rings. The molecular weight excluding hydrogens is 362 g/mol. The molecule has 1 amide bonds. The van der Waals surface area contributed by atoms with E-state index in [9.17, 15) is 4.79 Å². The van der Waals surface area contributed by atoms with Gasteiger partial charge in [-0.05, 0) is 42.7 Å². The number of nitrogens with zero attached hydrogens (tertiary/aromatic N) is 4. The van der Waals surface area contributed by atoms with Gasteiger partial charge in [-0.3, -0.25) is 9.78 Å². The number of pyridine rings is 1. The van der Waals surface area contributed by atoms with Crippen LogP contribution in [0, 0.1) is 0 Å². The Morgan fingerprint density at radius 2 is 2.00 bits per heavy atom. The first-order valence-electron chi connectivity index (χ1n) is 10.0. The molecule has 1 fully saturated rings. The Balaban J connectivity index is 1.34. The average molecular weight is 385 g/mol. The minimum absolute atomic E-state index is 0.0677. The summed E-state index contributed by atoms with van der Waals surface area (Å²) in [4.78, 5) is 27.1. The number of para-hydroxylation sites is 1. The van der Waals surface area contributed by atoms with E-state index >= 15 is 0 Å².